The summed E-state index contributed by atoms with van der Waals surface area (Å²) in [6.45, 7) is 2.05. The minimum Gasteiger partial charge on any atom is -0.291 e. The molecule has 2 amide bonds. The lowest BCUT2D eigenvalue weighted by Gasteiger charge is -2.22. The van der Waals surface area contributed by atoms with Crippen LogP contribution in [0.3, 0.4) is 0 Å². The van der Waals surface area contributed by atoms with Gasteiger partial charge in [-0.05, 0) is 48.9 Å². The summed E-state index contributed by atoms with van der Waals surface area (Å²) in [5.74, 6) is 0.452. The van der Waals surface area contributed by atoms with Crippen molar-refractivity contribution in [1.29, 1.82) is 0 Å². The van der Waals surface area contributed by atoms with Gasteiger partial charge in [0.2, 0.25) is 0 Å². The van der Waals surface area contributed by atoms with E-state index in [4.69, 9.17) is 0 Å². The molecule has 0 saturated heterocycles. The number of aromatic nitrogens is 3. The number of fused-ring (bicyclic) bond motifs is 1. The maximum Gasteiger partial charge on any atom is 0.333 e. The van der Waals surface area contributed by atoms with Gasteiger partial charge in [-0.3, -0.25) is 14.6 Å². The van der Waals surface area contributed by atoms with Gasteiger partial charge < -0.3 is 0 Å². The van der Waals surface area contributed by atoms with Gasteiger partial charge in [0.05, 0.1) is 11.1 Å². The lowest BCUT2D eigenvalue weighted by atomic mass is 10.2. The molecule has 6 nitrogen and oxygen atoms in total. The fourth-order valence-electron chi connectivity index (χ4n) is 3.13. The Morgan fingerprint density at radius 1 is 1.31 bits per heavy atom. The number of thiol groups is 1. The number of anilines is 1. The van der Waals surface area contributed by atoms with Crippen LogP contribution < -0.4 is 5.32 Å². The van der Waals surface area contributed by atoms with Crippen LogP contribution in [0.1, 0.15) is 31.2 Å². The molecule has 0 unspecified atom stereocenters. The number of carbonyl (C=O) groups excluding carboxylic acids is 1. The zero-order valence-corrected chi connectivity index (χ0v) is 16.1. The number of hydrogen-bond donors (Lipinski definition) is 2. The molecular weight excluding hydrogens is 366 g/mol. The number of aryl methyl sites for hydroxylation is 1. The van der Waals surface area contributed by atoms with Crippen LogP contribution in [0.15, 0.2) is 29.8 Å². The van der Waals surface area contributed by atoms with Crippen molar-refractivity contribution in [2.24, 2.45) is 0 Å². The molecule has 1 aliphatic rings. The Kier molecular flexibility index (Phi) is 4.78. The molecule has 1 aliphatic carbocycles. The van der Waals surface area contributed by atoms with Gasteiger partial charge in [-0.1, -0.05) is 25.7 Å². The minimum absolute atomic E-state index is 0.187. The Morgan fingerprint density at radius 2 is 2.12 bits per heavy atom. The van der Waals surface area contributed by atoms with Gasteiger partial charge in [-0.15, -0.1) is 11.3 Å². The van der Waals surface area contributed by atoms with E-state index in [0.29, 0.717) is 17.0 Å². The topological polar surface area (TPSA) is 71.0 Å². The monoisotopic (exact) mass is 385 g/mol. The third-order valence-corrected chi connectivity index (χ3v) is 6.08. The van der Waals surface area contributed by atoms with E-state index in [1.54, 1.807) is 23.6 Å². The Hall–Kier alpha value is -2.19. The molecule has 3 aromatic heterocycles. The predicted molar refractivity (Wildman–Crippen MR) is 107 cm³/mol. The lowest BCUT2D eigenvalue weighted by molar-refractivity contribution is 0.230. The number of urea groups is 1. The predicted octanol–water partition coefficient (Wildman–Crippen LogP) is 4.68. The van der Waals surface area contributed by atoms with Crippen molar-refractivity contribution in [3.05, 3.63) is 35.3 Å². The lowest BCUT2D eigenvalue weighted by Crippen LogP contribution is -2.34. The largest absolute Gasteiger partial charge is 0.333 e. The zero-order valence-electron chi connectivity index (χ0n) is 14.3. The number of amides is 2. The van der Waals surface area contributed by atoms with Crippen molar-refractivity contribution in [3.63, 3.8) is 0 Å². The van der Waals surface area contributed by atoms with Gasteiger partial charge in [-0.25, -0.2) is 14.8 Å². The number of nitrogens with one attached hydrogen (secondary N) is 1. The molecule has 0 aromatic carbocycles. The molecule has 0 atom stereocenters. The molecule has 4 rings (SSSR count). The van der Waals surface area contributed by atoms with Crippen LogP contribution in [0, 0.1) is 6.92 Å². The van der Waals surface area contributed by atoms with E-state index >= 15 is 0 Å². The van der Waals surface area contributed by atoms with Crippen LogP contribution in [0.2, 0.25) is 0 Å². The van der Waals surface area contributed by atoms with Gasteiger partial charge in [0.1, 0.15) is 17.0 Å². The highest BCUT2D eigenvalue weighted by atomic mass is 32.1. The smallest absolute Gasteiger partial charge is 0.291 e. The molecule has 1 fully saturated rings. The Balaban J connectivity index is 1.57. The first-order valence-electron chi connectivity index (χ1n) is 8.58. The normalized spacial score (nSPS) is 14.7. The summed E-state index contributed by atoms with van der Waals surface area (Å²) in [6.07, 6.45) is 6.03. The second-order valence-corrected chi connectivity index (χ2v) is 7.84. The van der Waals surface area contributed by atoms with Gasteiger partial charge in [-0.2, -0.15) is 0 Å². The number of hydrogen-bond acceptors (Lipinski definition) is 6. The summed E-state index contributed by atoms with van der Waals surface area (Å²) < 4.78 is 1.48. The van der Waals surface area contributed by atoms with E-state index < -0.39 is 0 Å². The number of carbonyl (C=O) groups is 1. The summed E-state index contributed by atoms with van der Waals surface area (Å²) in [5.41, 5.74) is 3.19. The summed E-state index contributed by atoms with van der Waals surface area (Å²) in [7, 11) is 0. The molecule has 8 heteroatoms. The molecule has 26 heavy (non-hydrogen) atoms. The fraction of sp³-hybridized carbons (Fsp3) is 0.333. The van der Waals surface area contributed by atoms with Gasteiger partial charge in [0, 0.05) is 6.04 Å². The third kappa shape index (κ3) is 3.52. The second kappa shape index (κ2) is 7.20. The maximum absolute atomic E-state index is 12.4. The van der Waals surface area contributed by atoms with Crippen molar-refractivity contribution in [1.82, 2.24) is 19.3 Å². The average molecular weight is 386 g/mol. The Labute approximate surface area is 161 Å². The van der Waals surface area contributed by atoms with Crippen LogP contribution in [0.5, 0.6) is 0 Å². The second-order valence-electron chi connectivity index (χ2n) is 6.50. The number of pyridine rings is 1. The highest BCUT2D eigenvalue weighted by molar-refractivity contribution is 7.78. The molecule has 1 N–H and O–H groups in total. The molecule has 0 spiro atoms. The Bertz CT molecular complexity index is 952. The van der Waals surface area contributed by atoms with E-state index in [2.05, 4.69) is 44.5 Å². The molecule has 3 aromatic rings. The molecule has 0 bridgehead atoms. The highest BCUT2D eigenvalue weighted by Crippen LogP contribution is 2.27. The van der Waals surface area contributed by atoms with Gasteiger partial charge in [0.15, 0.2) is 5.65 Å². The van der Waals surface area contributed by atoms with Gasteiger partial charge in [0.25, 0.3) is 0 Å². The SMILES string of the molecule is Cc1csc(-c2cnc3ccc(NC(=O)N(S)C4CCCC4)nc3n2)c1. The Morgan fingerprint density at radius 3 is 2.85 bits per heavy atom. The van der Waals surface area contributed by atoms with E-state index in [9.17, 15) is 4.79 Å². The first-order chi connectivity index (χ1) is 12.6. The highest BCUT2D eigenvalue weighted by Gasteiger charge is 2.24. The van der Waals surface area contributed by atoms with Crippen molar-refractivity contribution >= 4 is 47.2 Å². The van der Waals surface area contributed by atoms with Crippen LogP contribution in [-0.4, -0.2) is 31.3 Å². The molecule has 0 aliphatic heterocycles. The zero-order chi connectivity index (χ0) is 18.1. The van der Waals surface area contributed by atoms with Crippen molar-refractivity contribution in [2.45, 2.75) is 38.6 Å². The summed E-state index contributed by atoms with van der Waals surface area (Å²) in [6, 6.07) is 5.55. The first-order valence-corrected chi connectivity index (χ1v) is 9.86. The number of rotatable bonds is 3. The van der Waals surface area contributed by atoms with Gasteiger partial charge >= 0.3 is 6.03 Å². The van der Waals surface area contributed by atoms with Crippen molar-refractivity contribution in [3.8, 4) is 10.6 Å². The number of nitrogens with zero attached hydrogens (tertiary/aromatic N) is 4. The molecule has 3 heterocycles. The quantitative estimate of drug-likeness (QED) is 0.642. The maximum atomic E-state index is 12.4. The van der Waals surface area contributed by atoms with Crippen LogP contribution in [0.4, 0.5) is 10.6 Å². The third-order valence-electron chi connectivity index (χ3n) is 4.50. The standard InChI is InChI=1S/C18H19N5OS2/c1-11-8-15(26-10-11)14-9-19-13-6-7-16(21-17(13)20-14)22-18(24)23(25)12-4-2-3-5-12/h6-10,12,25H,2-5H2,1H3,(H,20,21,22,24). The molecule has 0 radical (unpaired) electrons. The van der Waals surface area contributed by atoms with E-state index in [0.717, 1.165) is 36.3 Å². The minimum atomic E-state index is -0.259. The summed E-state index contributed by atoms with van der Waals surface area (Å²) in [4.78, 5) is 26.9. The first kappa shape index (κ1) is 17.2. The summed E-state index contributed by atoms with van der Waals surface area (Å²) >= 11 is 5.98. The summed E-state index contributed by atoms with van der Waals surface area (Å²) in [5, 5.41) is 4.89. The van der Waals surface area contributed by atoms with E-state index in [-0.39, 0.29) is 12.1 Å². The van der Waals surface area contributed by atoms with Crippen molar-refractivity contribution in [2.75, 3.05) is 5.32 Å². The van der Waals surface area contributed by atoms with Crippen LogP contribution >= 0.6 is 24.2 Å². The average Bonchev–Trinajstić information content (AvgIpc) is 3.32. The fourth-order valence-corrected chi connectivity index (χ4v) is 4.27. The molecule has 1 saturated carbocycles. The van der Waals surface area contributed by atoms with Crippen molar-refractivity contribution < 1.29 is 4.79 Å². The number of thiophene rings is 1. The molecular formula is C18H19N5OS2. The van der Waals surface area contributed by atoms with Crippen LogP contribution in [0.25, 0.3) is 21.7 Å². The van der Waals surface area contributed by atoms with Crippen LogP contribution in [-0.2, 0) is 0 Å². The molecule has 134 valence electrons. The van der Waals surface area contributed by atoms with E-state index in [1.807, 2.05) is 13.0 Å². The van der Waals surface area contributed by atoms with E-state index in [1.165, 1.54) is 9.87 Å².